The van der Waals surface area contributed by atoms with E-state index < -0.39 is 23.6 Å². The minimum atomic E-state index is -4.51. The van der Waals surface area contributed by atoms with Gasteiger partial charge in [-0.1, -0.05) is 18.2 Å². The molecule has 0 heterocycles. The first-order valence-electron chi connectivity index (χ1n) is 6.94. The second kappa shape index (κ2) is 7.16. The van der Waals surface area contributed by atoms with E-state index in [0.717, 1.165) is 12.1 Å². The van der Waals surface area contributed by atoms with Crippen LogP contribution in [0.3, 0.4) is 0 Å². The van der Waals surface area contributed by atoms with Crippen LogP contribution in [0.2, 0.25) is 0 Å². The highest BCUT2D eigenvalue weighted by atomic mass is 19.4. The lowest BCUT2D eigenvalue weighted by Gasteiger charge is -2.09. The molecule has 7 heteroatoms. The van der Waals surface area contributed by atoms with E-state index in [1.54, 1.807) is 24.3 Å². The third-order valence-corrected chi connectivity index (χ3v) is 3.24. The molecule has 0 bridgehead atoms. The van der Waals surface area contributed by atoms with Crippen molar-refractivity contribution in [3.05, 3.63) is 65.2 Å². The number of amides is 1. The van der Waals surface area contributed by atoms with Crippen molar-refractivity contribution < 1.29 is 27.5 Å². The van der Waals surface area contributed by atoms with Gasteiger partial charge in [-0.05, 0) is 35.9 Å². The highest BCUT2D eigenvalue weighted by Gasteiger charge is 2.30. The van der Waals surface area contributed by atoms with Crippen molar-refractivity contribution in [3.63, 3.8) is 0 Å². The zero-order valence-electron chi connectivity index (χ0n) is 12.7. The zero-order valence-corrected chi connectivity index (χ0v) is 12.7. The highest BCUT2D eigenvalue weighted by molar-refractivity contribution is 6.04. The molecule has 0 fully saturated rings. The van der Waals surface area contributed by atoms with Crippen molar-refractivity contribution in [3.8, 4) is 0 Å². The molecule has 4 nitrogen and oxygen atoms in total. The molecule has 0 unspecified atom stereocenters. The van der Waals surface area contributed by atoms with E-state index in [-0.39, 0.29) is 12.0 Å². The number of hydrogen-bond acceptors (Lipinski definition) is 3. The van der Waals surface area contributed by atoms with Gasteiger partial charge in [-0.25, -0.2) is 0 Å². The number of carbonyl (C=O) groups excluding carboxylic acids is 2. The van der Waals surface area contributed by atoms with Gasteiger partial charge in [-0.15, -0.1) is 0 Å². The predicted octanol–water partition coefficient (Wildman–Crippen LogP) is 3.67. The van der Waals surface area contributed by atoms with Crippen molar-refractivity contribution >= 4 is 17.6 Å². The molecule has 0 aliphatic carbocycles. The van der Waals surface area contributed by atoms with Crippen molar-refractivity contribution in [2.45, 2.75) is 12.6 Å². The molecule has 0 spiro atoms. The number of anilines is 1. The maximum absolute atomic E-state index is 12.7. The van der Waals surface area contributed by atoms with Crippen LogP contribution in [0.5, 0.6) is 0 Å². The summed E-state index contributed by atoms with van der Waals surface area (Å²) in [6, 6.07) is 10.5. The number of benzene rings is 2. The molecule has 126 valence electrons. The van der Waals surface area contributed by atoms with Gasteiger partial charge in [-0.2, -0.15) is 13.2 Å². The van der Waals surface area contributed by atoms with Crippen LogP contribution in [0.25, 0.3) is 0 Å². The second-order valence-electron chi connectivity index (χ2n) is 4.98. The molecule has 0 radical (unpaired) electrons. The molecule has 2 aromatic carbocycles. The van der Waals surface area contributed by atoms with Crippen molar-refractivity contribution in [2.24, 2.45) is 0 Å². The Morgan fingerprint density at radius 3 is 2.33 bits per heavy atom. The van der Waals surface area contributed by atoms with Gasteiger partial charge in [0.15, 0.2) is 0 Å². The Kier molecular flexibility index (Phi) is 5.23. The second-order valence-corrected chi connectivity index (χ2v) is 4.98. The fraction of sp³-hybridized carbons (Fsp3) is 0.176. The largest absolute Gasteiger partial charge is 0.469 e. The molecule has 1 amide bonds. The summed E-state index contributed by atoms with van der Waals surface area (Å²) in [5, 5.41) is 2.51. The van der Waals surface area contributed by atoms with Gasteiger partial charge >= 0.3 is 12.1 Å². The molecule has 0 aliphatic rings. The zero-order chi connectivity index (χ0) is 17.7. The van der Waals surface area contributed by atoms with Gasteiger partial charge in [0.2, 0.25) is 0 Å². The number of halogens is 3. The Labute approximate surface area is 136 Å². The molecule has 1 N–H and O–H groups in total. The summed E-state index contributed by atoms with van der Waals surface area (Å²) in [7, 11) is 1.28. The molecule has 0 saturated heterocycles. The van der Waals surface area contributed by atoms with Gasteiger partial charge < -0.3 is 10.1 Å². The van der Waals surface area contributed by atoms with Gasteiger partial charge in [0, 0.05) is 11.3 Å². The molecule has 0 saturated carbocycles. The van der Waals surface area contributed by atoms with E-state index in [1.165, 1.54) is 19.2 Å². The van der Waals surface area contributed by atoms with Crippen LogP contribution >= 0.6 is 0 Å². The van der Waals surface area contributed by atoms with Gasteiger partial charge in [0.25, 0.3) is 5.91 Å². The first kappa shape index (κ1) is 17.5. The summed E-state index contributed by atoms with van der Waals surface area (Å²) in [4.78, 5) is 23.2. The summed E-state index contributed by atoms with van der Waals surface area (Å²) in [6.07, 6.45) is -4.41. The van der Waals surface area contributed by atoms with Crippen LogP contribution in [0.15, 0.2) is 48.5 Å². The molecule has 0 aliphatic heterocycles. The van der Waals surface area contributed by atoms with Crippen LogP contribution in [-0.2, 0) is 22.1 Å². The van der Waals surface area contributed by atoms with E-state index in [1.807, 2.05) is 0 Å². The molecule has 0 atom stereocenters. The Morgan fingerprint density at radius 2 is 1.75 bits per heavy atom. The normalized spacial score (nSPS) is 11.0. The van der Waals surface area contributed by atoms with Crippen LogP contribution in [0.4, 0.5) is 18.9 Å². The minimum Gasteiger partial charge on any atom is -0.469 e. The highest BCUT2D eigenvalue weighted by Crippen LogP contribution is 2.29. The number of carbonyl (C=O) groups is 2. The van der Waals surface area contributed by atoms with Crippen LogP contribution in [-0.4, -0.2) is 19.0 Å². The number of methoxy groups -OCH3 is 1. The molecular formula is C17H14F3NO3. The fourth-order valence-corrected chi connectivity index (χ4v) is 1.98. The van der Waals surface area contributed by atoms with E-state index in [9.17, 15) is 22.8 Å². The van der Waals surface area contributed by atoms with E-state index >= 15 is 0 Å². The maximum Gasteiger partial charge on any atom is 0.416 e. The number of alkyl halides is 3. The molecule has 2 rings (SSSR count). The lowest BCUT2D eigenvalue weighted by Crippen LogP contribution is -2.14. The van der Waals surface area contributed by atoms with Crippen molar-refractivity contribution in [1.29, 1.82) is 0 Å². The molecular weight excluding hydrogens is 323 g/mol. The number of ether oxygens (including phenoxy) is 1. The summed E-state index contributed by atoms with van der Waals surface area (Å²) >= 11 is 0. The fourth-order valence-electron chi connectivity index (χ4n) is 1.98. The van der Waals surface area contributed by atoms with Crippen LogP contribution < -0.4 is 5.32 Å². The van der Waals surface area contributed by atoms with Crippen molar-refractivity contribution in [2.75, 3.05) is 12.4 Å². The first-order chi connectivity index (χ1) is 11.3. The smallest absolute Gasteiger partial charge is 0.416 e. The standard InChI is InChI=1S/C17H14F3NO3/c1-24-15(22)9-11-5-7-14(8-6-11)21-16(23)12-3-2-4-13(10-12)17(18,19)20/h2-8,10H,9H2,1H3,(H,21,23). The Morgan fingerprint density at radius 1 is 1.08 bits per heavy atom. The lowest BCUT2D eigenvalue weighted by atomic mass is 10.1. The topological polar surface area (TPSA) is 55.4 Å². The number of hydrogen-bond donors (Lipinski definition) is 1. The number of nitrogens with one attached hydrogen (secondary N) is 1. The molecule has 24 heavy (non-hydrogen) atoms. The Balaban J connectivity index is 2.08. The summed E-state index contributed by atoms with van der Waals surface area (Å²) in [5.74, 6) is -1.04. The number of rotatable bonds is 4. The minimum absolute atomic E-state index is 0.0940. The predicted molar refractivity (Wildman–Crippen MR) is 81.6 cm³/mol. The van der Waals surface area contributed by atoms with Crippen molar-refractivity contribution in [1.82, 2.24) is 0 Å². The van der Waals surface area contributed by atoms with E-state index in [0.29, 0.717) is 11.3 Å². The third kappa shape index (κ3) is 4.58. The average molecular weight is 337 g/mol. The SMILES string of the molecule is COC(=O)Cc1ccc(NC(=O)c2cccc(C(F)(F)F)c2)cc1. The summed E-state index contributed by atoms with van der Waals surface area (Å²) in [5.41, 5.74) is 0.122. The van der Waals surface area contributed by atoms with Crippen LogP contribution in [0.1, 0.15) is 21.5 Å². The van der Waals surface area contributed by atoms with E-state index in [4.69, 9.17) is 0 Å². The first-order valence-corrected chi connectivity index (χ1v) is 6.94. The van der Waals surface area contributed by atoms with Gasteiger partial charge in [0.1, 0.15) is 0 Å². The van der Waals surface area contributed by atoms with Gasteiger partial charge in [0.05, 0.1) is 19.1 Å². The average Bonchev–Trinajstić information content (AvgIpc) is 2.56. The molecule has 0 aromatic heterocycles. The Bertz CT molecular complexity index is 739. The lowest BCUT2D eigenvalue weighted by molar-refractivity contribution is -0.140. The third-order valence-electron chi connectivity index (χ3n) is 3.24. The summed E-state index contributed by atoms with van der Waals surface area (Å²) < 4.78 is 42.5. The monoisotopic (exact) mass is 337 g/mol. The summed E-state index contributed by atoms with van der Waals surface area (Å²) in [6.45, 7) is 0. The molecule has 2 aromatic rings. The van der Waals surface area contributed by atoms with Crippen LogP contribution in [0, 0.1) is 0 Å². The number of esters is 1. The Hall–Kier alpha value is -2.83. The van der Waals surface area contributed by atoms with E-state index in [2.05, 4.69) is 10.1 Å². The van der Waals surface area contributed by atoms with Gasteiger partial charge in [-0.3, -0.25) is 9.59 Å². The maximum atomic E-state index is 12.7. The quantitative estimate of drug-likeness (QED) is 0.866.